The molecule has 2 fully saturated rings. The fraction of sp³-hybridized carbons (Fsp3) is 0.333. The van der Waals surface area contributed by atoms with Crippen molar-refractivity contribution in [2.24, 2.45) is 0 Å². The molecule has 6 rings (SSSR count). The summed E-state index contributed by atoms with van der Waals surface area (Å²) in [6.45, 7) is 5.69. The van der Waals surface area contributed by atoms with E-state index in [4.69, 9.17) is 18.9 Å². The van der Waals surface area contributed by atoms with Gasteiger partial charge in [-0.1, -0.05) is 24.3 Å². The van der Waals surface area contributed by atoms with Crippen LogP contribution in [-0.2, 0) is 49.8 Å². The summed E-state index contributed by atoms with van der Waals surface area (Å²) >= 11 is 0. The highest BCUT2D eigenvalue weighted by atomic mass is 32.2. The largest absolute Gasteiger partial charge is 0.495 e. The number of carbonyl (C=O) groups is 2. The number of nitrogens with one attached hydrogen (secondary N) is 4. The highest BCUT2D eigenvalue weighted by Crippen LogP contribution is 2.30. The van der Waals surface area contributed by atoms with Gasteiger partial charge < -0.3 is 29.6 Å². The number of ether oxygens (including phenoxy) is 4. The molecule has 0 saturated carbocycles. The molecule has 6 N–H and O–H groups in total. The number of amides is 2. The van der Waals surface area contributed by atoms with Gasteiger partial charge in [0.2, 0.25) is 20.0 Å². The number of morpholine rings is 2. The first-order valence-electron chi connectivity index (χ1n) is 20.7. The van der Waals surface area contributed by atoms with Gasteiger partial charge in [0.05, 0.1) is 40.6 Å². The molecule has 0 spiro atoms. The molecule has 2 heterocycles. The number of carbonyl (C=O) groups excluding carboxylic acids is 2. The Hall–Kier alpha value is -5.36. The summed E-state index contributed by atoms with van der Waals surface area (Å²) in [6, 6.07) is 14.1. The Kier molecular flexibility index (Phi) is 17.1. The smallest absolute Gasteiger partial charge is 0.295 e. The fourth-order valence-corrected chi connectivity index (χ4v) is 10.9. The minimum atomic E-state index is -5.01. The Bertz CT molecular complexity index is 2790. The summed E-state index contributed by atoms with van der Waals surface area (Å²) in [7, 11) is -15.8. The van der Waals surface area contributed by atoms with Gasteiger partial charge in [-0.15, -0.1) is 0 Å². The fourth-order valence-electron chi connectivity index (χ4n) is 7.07. The van der Waals surface area contributed by atoms with Gasteiger partial charge in [0.15, 0.2) is 0 Å². The van der Waals surface area contributed by atoms with Crippen LogP contribution in [-0.4, -0.2) is 157 Å². The van der Waals surface area contributed by atoms with Crippen LogP contribution in [0.4, 0.5) is 11.4 Å². The van der Waals surface area contributed by atoms with Crippen molar-refractivity contribution in [3.63, 3.8) is 0 Å². The average Bonchev–Trinajstić information content (AvgIpc) is 3.30. The lowest BCUT2D eigenvalue weighted by atomic mass is 10.1. The van der Waals surface area contributed by atoms with E-state index in [0.29, 0.717) is 65.7 Å². The predicted molar refractivity (Wildman–Crippen MR) is 248 cm³/mol. The van der Waals surface area contributed by atoms with Crippen LogP contribution < -0.4 is 29.6 Å². The second-order valence-electron chi connectivity index (χ2n) is 15.1. The van der Waals surface area contributed by atoms with Gasteiger partial charge in [0, 0.05) is 74.9 Å². The normalized spacial score (nSPS) is 15.5. The molecule has 26 heteroatoms. The molecule has 4 aromatic carbocycles. The zero-order chi connectivity index (χ0) is 49.3. The summed E-state index contributed by atoms with van der Waals surface area (Å²) in [5, 5.41) is 4.94. The zero-order valence-electron chi connectivity index (χ0n) is 36.7. The molecule has 2 aliphatic heterocycles. The van der Waals surface area contributed by atoms with Gasteiger partial charge in [0.1, 0.15) is 31.1 Å². The Balaban J connectivity index is 1.17. The molecule has 4 aromatic rings. The maximum atomic E-state index is 13.4. The van der Waals surface area contributed by atoms with Gasteiger partial charge >= 0.3 is 0 Å². The van der Waals surface area contributed by atoms with Crippen molar-refractivity contribution in [3.05, 3.63) is 95.1 Å². The Morgan fingerprint density at radius 3 is 1.26 bits per heavy atom. The molecule has 0 unspecified atom stereocenters. The summed E-state index contributed by atoms with van der Waals surface area (Å²) in [6.07, 6.45) is 2.22. The quantitative estimate of drug-likeness (QED) is 0.0546. The van der Waals surface area contributed by atoms with Crippen LogP contribution in [0.5, 0.6) is 11.5 Å². The molecule has 0 bridgehead atoms. The lowest BCUT2D eigenvalue weighted by Crippen LogP contribution is -2.41. The van der Waals surface area contributed by atoms with Crippen LogP contribution in [0.2, 0.25) is 0 Å². The van der Waals surface area contributed by atoms with Gasteiger partial charge in [-0.2, -0.15) is 16.8 Å². The number of hydrogen-bond donors (Lipinski definition) is 6. The van der Waals surface area contributed by atoms with Crippen molar-refractivity contribution in [1.29, 1.82) is 0 Å². The van der Waals surface area contributed by atoms with Crippen LogP contribution >= 0.6 is 0 Å². The van der Waals surface area contributed by atoms with E-state index in [0.717, 1.165) is 36.4 Å². The summed E-state index contributed by atoms with van der Waals surface area (Å²) in [5.41, 5.74) is -0.928. The molecule has 2 amide bonds. The number of nitrogens with zero attached hydrogens (tertiary/aromatic N) is 2. The lowest BCUT2D eigenvalue weighted by Gasteiger charge is -2.26. The minimum Gasteiger partial charge on any atom is -0.495 e. The standard InChI is InChI=1S/C42H50N6O16S4/c1-61-35-11-7-31(25-39(35)65(51,52)43-13-15-47-17-21-63-22-18-47)41(49)45-33-9-5-29(37(27-33)67(55,56)57)3-4-30-6-10-34(28-38(30)68(58,59)60)46-42(50)32-8-12-36(62-2)40(26-32)66(53,54)44-14-16-48-19-23-64-24-20-48/h3-12,25-28,43-44H,13-24H2,1-2H3,(H,45,49)(H,46,50)(H,55,56,57)(H,58,59,60)/b4-3+. The summed E-state index contributed by atoms with van der Waals surface area (Å²) in [5.74, 6) is -1.78. The van der Waals surface area contributed by atoms with Gasteiger partial charge in [-0.25, -0.2) is 26.3 Å². The number of rotatable bonds is 20. The van der Waals surface area contributed by atoms with E-state index in [9.17, 15) is 52.4 Å². The first-order valence-corrected chi connectivity index (χ1v) is 26.5. The summed E-state index contributed by atoms with van der Waals surface area (Å²) < 4.78 is 150. The molecule has 0 aliphatic carbocycles. The monoisotopic (exact) mass is 1020 g/mol. The van der Waals surface area contributed by atoms with Crippen molar-refractivity contribution >= 4 is 75.6 Å². The highest BCUT2D eigenvalue weighted by Gasteiger charge is 2.25. The van der Waals surface area contributed by atoms with Gasteiger partial charge in [-0.05, 0) is 71.8 Å². The average molecular weight is 1020 g/mol. The zero-order valence-corrected chi connectivity index (χ0v) is 40.0. The second kappa shape index (κ2) is 22.4. The maximum absolute atomic E-state index is 13.4. The molecule has 2 aliphatic rings. The van der Waals surface area contributed by atoms with Crippen molar-refractivity contribution < 1.29 is 71.3 Å². The number of sulfonamides is 2. The maximum Gasteiger partial charge on any atom is 0.295 e. The molecular formula is C42H50N6O16S4. The van der Waals surface area contributed by atoms with E-state index in [1.807, 2.05) is 9.80 Å². The lowest BCUT2D eigenvalue weighted by molar-refractivity contribution is 0.0389. The molecule has 0 aromatic heterocycles. The number of anilines is 2. The van der Waals surface area contributed by atoms with Crippen LogP contribution in [0.3, 0.4) is 0 Å². The molecule has 368 valence electrons. The number of benzene rings is 4. The first kappa shape index (κ1) is 52.0. The molecule has 68 heavy (non-hydrogen) atoms. The van der Waals surface area contributed by atoms with Crippen LogP contribution in [0.15, 0.2) is 92.4 Å². The van der Waals surface area contributed by atoms with E-state index in [-0.39, 0.29) is 68.0 Å². The Labute approximate surface area is 394 Å². The highest BCUT2D eigenvalue weighted by molar-refractivity contribution is 7.90. The predicted octanol–water partition coefficient (Wildman–Crippen LogP) is 2.09. The van der Waals surface area contributed by atoms with E-state index < -0.39 is 61.9 Å². The molecule has 2 saturated heterocycles. The Morgan fingerprint density at radius 1 is 0.559 bits per heavy atom. The third-order valence-electron chi connectivity index (χ3n) is 10.6. The number of hydrogen-bond acceptors (Lipinski definition) is 16. The van der Waals surface area contributed by atoms with Crippen molar-refractivity contribution in [2.75, 3.05) is 104 Å². The second-order valence-corrected chi connectivity index (χ2v) is 21.4. The van der Waals surface area contributed by atoms with E-state index in [1.54, 1.807) is 0 Å². The summed E-state index contributed by atoms with van der Waals surface area (Å²) in [4.78, 5) is 28.7. The van der Waals surface area contributed by atoms with Crippen LogP contribution in [0.1, 0.15) is 31.8 Å². The molecule has 0 radical (unpaired) electrons. The minimum absolute atomic E-state index is 0.0389. The van der Waals surface area contributed by atoms with Crippen LogP contribution in [0, 0.1) is 0 Å². The van der Waals surface area contributed by atoms with Crippen molar-refractivity contribution in [3.8, 4) is 11.5 Å². The molecule has 0 atom stereocenters. The topological polar surface area (TPSA) is 303 Å². The molecule has 22 nitrogen and oxygen atoms in total. The van der Waals surface area contributed by atoms with E-state index in [1.165, 1.54) is 62.8 Å². The van der Waals surface area contributed by atoms with Crippen LogP contribution in [0.25, 0.3) is 12.2 Å². The van der Waals surface area contributed by atoms with E-state index >= 15 is 0 Å². The van der Waals surface area contributed by atoms with Gasteiger partial charge in [-0.3, -0.25) is 28.5 Å². The Morgan fingerprint density at radius 2 is 0.926 bits per heavy atom. The molecular weight excluding hydrogens is 973 g/mol. The first-order chi connectivity index (χ1) is 32.2. The van der Waals surface area contributed by atoms with Crippen molar-refractivity contribution in [2.45, 2.75) is 19.6 Å². The van der Waals surface area contributed by atoms with Gasteiger partial charge in [0.25, 0.3) is 32.1 Å². The van der Waals surface area contributed by atoms with Crippen molar-refractivity contribution in [1.82, 2.24) is 19.2 Å². The van der Waals surface area contributed by atoms with E-state index in [2.05, 4.69) is 20.1 Å². The SMILES string of the molecule is COc1ccc(C(=O)Nc2ccc(/C=C/c3ccc(NC(=O)c4ccc(OC)c(S(=O)(=O)NCCN5CCOCC5)c4)cc3S(=O)(=O)O)c(S(=O)(=O)O)c2)cc1S(=O)(=O)NCCN1CCOCC1. The number of methoxy groups -OCH3 is 2. The third-order valence-corrected chi connectivity index (χ3v) is 15.4. The third kappa shape index (κ3) is 13.7.